The number of benzene rings is 1. The Morgan fingerprint density at radius 1 is 1.18 bits per heavy atom. The van der Waals surface area contributed by atoms with E-state index in [2.05, 4.69) is 10.6 Å². The number of imide groups is 1. The molecule has 2 heterocycles. The molecule has 2 aliphatic heterocycles. The van der Waals surface area contributed by atoms with Gasteiger partial charge in [-0.1, -0.05) is 38.4 Å². The fourth-order valence-corrected chi connectivity index (χ4v) is 5.17. The van der Waals surface area contributed by atoms with Gasteiger partial charge in [0, 0.05) is 19.4 Å². The lowest BCUT2D eigenvalue weighted by atomic mass is 9.85. The highest BCUT2D eigenvalue weighted by Gasteiger charge is 2.55. The number of likely N-dealkylation sites (tertiary alicyclic amines) is 1. The summed E-state index contributed by atoms with van der Waals surface area (Å²) in [6.45, 7) is 8.18. The van der Waals surface area contributed by atoms with E-state index in [1.807, 2.05) is 20.8 Å². The Hall–Kier alpha value is -2.69. The zero-order chi connectivity index (χ0) is 27.7. The number of quaternary nitrogens is 1. The molecule has 1 saturated carbocycles. The molecular formula is C27H37ClN3O7+. The molecule has 0 unspecified atom stereocenters. The molecule has 10 nitrogen and oxygen atoms in total. The molecule has 11 heteroatoms. The highest BCUT2D eigenvalue weighted by Crippen LogP contribution is 2.35. The van der Waals surface area contributed by atoms with Gasteiger partial charge >= 0.3 is 17.9 Å². The van der Waals surface area contributed by atoms with Crippen LogP contribution in [0.2, 0.25) is 5.02 Å². The van der Waals surface area contributed by atoms with Gasteiger partial charge in [-0.15, -0.1) is 0 Å². The van der Waals surface area contributed by atoms with Crippen molar-refractivity contribution in [2.45, 2.75) is 84.3 Å². The minimum atomic E-state index is -1.00. The summed E-state index contributed by atoms with van der Waals surface area (Å²) in [6.07, 6.45) is 1.74. The monoisotopic (exact) mass is 550 g/mol. The average Bonchev–Trinajstić information content (AvgIpc) is 3.39. The molecule has 2 N–H and O–H groups in total. The maximum absolute atomic E-state index is 14.2. The van der Waals surface area contributed by atoms with Crippen molar-refractivity contribution in [3.63, 3.8) is 0 Å². The molecule has 4 rings (SSSR count). The number of hydrogen-bond donors (Lipinski definition) is 2. The molecule has 3 fully saturated rings. The average molecular weight is 551 g/mol. The Morgan fingerprint density at radius 2 is 1.87 bits per heavy atom. The van der Waals surface area contributed by atoms with Gasteiger partial charge < -0.3 is 19.5 Å². The quantitative estimate of drug-likeness (QED) is 0.375. The summed E-state index contributed by atoms with van der Waals surface area (Å²) in [7, 11) is 0. The standard InChI is InChI=1S/C27H36ClN3O7/c1-5-36-19-15-20(32)38-24(19)30-26(35)31(13-6-7-14-31)25(34)22(27(2,3)4)29-23(33)17-9-8-10-18(21(17)28)37-16-11-12-16/h8-10,16,19,22,24H,5-7,11-15H2,1-4H3,(H-,29,30,33,35)/p+1/t19-,22+,24+/m0/s1. The second-order valence-electron chi connectivity index (χ2n) is 11.2. The van der Waals surface area contributed by atoms with Gasteiger partial charge in [0.15, 0.2) is 6.04 Å². The topological polar surface area (TPSA) is 120 Å². The summed E-state index contributed by atoms with van der Waals surface area (Å²) in [5.74, 6) is -1.00. The van der Waals surface area contributed by atoms with Crippen LogP contribution >= 0.6 is 11.6 Å². The van der Waals surface area contributed by atoms with Crippen LogP contribution in [0, 0.1) is 5.41 Å². The maximum Gasteiger partial charge on any atom is 0.427 e. The van der Waals surface area contributed by atoms with Crippen LogP contribution < -0.4 is 15.4 Å². The van der Waals surface area contributed by atoms with E-state index in [1.165, 1.54) is 0 Å². The molecule has 1 aliphatic carbocycles. The highest BCUT2D eigenvalue weighted by atomic mass is 35.5. The minimum absolute atomic E-state index is 0.0255. The van der Waals surface area contributed by atoms with Crippen LogP contribution in [0.1, 0.15) is 70.2 Å². The van der Waals surface area contributed by atoms with Crippen LogP contribution in [0.4, 0.5) is 4.79 Å². The van der Waals surface area contributed by atoms with Crippen LogP contribution in [0.3, 0.4) is 0 Å². The number of rotatable bonds is 8. The largest absolute Gasteiger partial charge is 0.489 e. The van der Waals surface area contributed by atoms with Crippen LogP contribution in [0.25, 0.3) is 0 Å². The number of ether oxygens (including phenoxy) is 3. The molecule has 208 valence electrons. The Kier molecular flexibility index (Phi) is 8.34. The lowest BCUT2D eigenvalue weighted by Gasteiger charge is -2.37. The van der Waals surface area contributed by atoms with Crippen LogP contribution in [-0.2, 0) is 19.1 Å². The van der Waals surface area contributed by atoms with E-state index in [4.69, 9.17) is 25.8 Å². The van der Waals surface area contributed by atoms with E-state index in [0.29, 0.717) is 25.2 Å². The summed E-state index contributed by atoms with van der Waals surface area (Å²) in [5.41, 5.74) is -0.523. The highest BCUT2D eigenvalue weighted by molar-refractivity contribution is 6.35. The van der Waals surface area contributed by atoms with Crippen LogP contribution in [0.5, 0.6) is 5.75 Å². The SMILES string of the molecule is CCO[C@H]1CC(=O)O[C@H]1NC(=O)[N+]1(C(=O)[C@@H](NC(=O)c2cccc(OC3CC3)c2Cl)C(C)(C)C)CCCC1. The number of carbonyl (C=O) groups excluding carboxylic acids is 4. The summed E-state index contributed by atoms with van der Waals surface area (Å²) in [5, 5.41) is 5.78. The van der Waals surface area contributed by atoms with Gasteiger partial charge in [-0.3, -0.25) is 14.9 Å². The Labute approximate surface area is 227 Å². The number of urea groups is 1. The van der Waals surface area contributed by atoms with E-state index in [-0.39, 0.29) is 36.2 Å². The second kappa shape index (κ2) is 11.2. The maximum atomic E-state index is 14.2. The lowest BCUT2D eigenvalue weighted by Crippen LogP contribution is -2.68. The summed E-state index contributed by atoms with van der Waals surface area (Å²) >= 11 is 6.51. The van der Waals surface area contributed by atoms with E-state index in [9.17, 15) is 19.2 Å². The molecule has 38 heavy (non-hydrogen) atoms. The zero-order valence-corrected chi connectivity index (χ0v) is 23.1. The number of esters is 1. The van der Waals surface area contributed by atoms with Gasteiger partial charge in [0.1, 0.15) is 11.9 Å². The first-order chi connectivity index (χ1) is 18.0. The molecule has 1 aromatic rings. The van der Waals surface area contributed by atoms with E-state index >= 15 is 0 Å². The lowest BCUT2D eigenvalue weighted by molar-refractivity contribution is -0.761. The third-order valence-corrected chi connectivity index (χ3v) is 7.55. The zero-order valence-electron chi connectivity index (χ0n) is 22.4. The fourth-order valence-electron chi connectivity index (χ4n) is 4.91. The van der Waals surface area contributed by atoms with Gasteiger partial charge in [0.25, 0.3) is 5.91 Å². The van der Waals surface area contributed by atoms with Crippen molar-refractivity contribution < 1.29 is 37.9 Å². The first-order valence-corrected chi connectivity index (χ1v) is 13.6. The van der Waals surface area contributed by atoms with Crippen molar-refractivity contribution in [2.24, 2.45) is 5.41 Å². The molecule has 1 aromatic carbocycles. The molecule has 0 aromatic heterocycles. The van der Waals surface area contributed by atoms with Crippen molar-refractivity contribution in [1.29, 1.82) is 0 Å². The van der Waals surface area contributed by atoms with E-state index < -0.39 is 52.1 Å². The molecular weight excluding hydrogens is 514 g/mol. The third-order valence-electron chi connectivity index (χ3n) is 7.17. The molecule has 0 spiro atoms. The van der Waals surface area contributed by atoms with Crippen molar-refractivity contribution >= 4 is 35.4 Å². The Morgan fingerprint density at radius 3 is 2.47 bits per heavy atom. The van der Waals surface area contributed by atoms with E-state index in [0.717, 1.165) is 12.8 Å². The van der Waals surface area contributed by atoms with Crippen LogP contribution in [0.15, 0.2) is 18.2 Å². The number of nitrogens with zero attached hydrogens (tertiary/aromatic N) is 1. The number of hydrogen-bond acceptors (Lipinski definition) is 7. The smallest absolute Gasteiger partial charge is 0.427 e. The first kappa shape index (κ1) is 28.3. The Bertz CT molecular complexity index is 1090. The van der Waals surface area contributed by atoms with Gasteiger partial charge in [0.05, 0.1) is 36.2 Å². The molecule has 0 bridgehead atoms. The summed E-state index contributed by atoms with van der Waals surface area (Å²) in [6, 6.07) is 3.40. The van der Waals surface area contributed by atoms with Crippen molar-refractivity contribution in [1.82, 2.24) is 10.6 Å². The predicted molar refractivity (Wildman–Crippen MR) is 138 cm³/mol. The van der Waals surface area contributed by atoms with Crippen LogP contribution in [-0.4, -0.2) is 72.5 Å². The summed E-state index contributed by atoms with van der Waals surface area (Å²) in [4.78, 5) is 53.1. The number of cyclic esters (lactones) is 1. The number of amides is 4. The number of carbonyl (C=O) groups is 4. The Balaban J connectivity index is 1.56. The molecule has 0 radical (unpaired) electrons. The van der Waals surface area contributed by atoms with Gasteiger partial charge in [-0.25, -0.2) is 9.59 Å². The third kappa shape index (κ3) is 5.97. The predicted octanol–water partition coefficient (Wildman–Crippen LogP) is 3.55. The minimum Gasteiger partial charge on any atom is -0.489 e. The van der Waals surface area contributed by atoms with Gasteiger partial charge in [-0.2, -0.15) is 4.48 Å². The number of nitrogens with one attached hydrogen (secondary N) is 2. The van der Waals surface area contributed by atoms with Gasteiger partial charge in [-0.05, 0) is 37.3 Å². The fraction of sp³-hybridized carbons (Fsp3) is 0.630. The van der Waals surface area contributed by atoms with Crippen molar-refractivity contribution in [3.8, 4) is 5.75 Å². The normalized spacial score (nSPS) is 23.4. The van der Waals surface area contributed by atoms with Gasteiger partial charge in [0.2, 0.25) is 6.23 Å². The molecule has 3 atom stereocenters. The first-order valence-electron chi connectivity index (χ1n) is 13.3. The molecule has 3 aliphatic rings. The van der Waals surface area contributed by atoms with Crippen molar-refractivity contribution in [2.75, 3.05) is 19.7 Å². The summed E-state index contributed by atoms with van der Waals surface area (Å²) < 4.78 is 16.1. The number of halogens is 1. The second-order valence-corrected chi connectivity index (χ2v) is 11.6. The molecule has 2 saturated heterocycles. The van der Waals surface area contributed by atoms with Crippen molar-refractivity contribution in [3.05, 3.63) is 28.8 Å². The molecule has 4 amide bonds. The van der Waals surface area contributed by atoms with E-state index in [1.54, 1.807) is 25.1 Å².